The normalized spacial score (nSPS) is 15.1. The van der Waals surface area contributed by atoms with E-state index in [4.69, 9.17) is 0 Å². The van der Waals surface area contributed by atoms with Crippen LogP contribution < -0.4 is 10.3 Å². The number of rotatable bonds is 4. The first kappa shape index (κ1) is 20.7. The van der Waals surface area contributed by atoms with Gasteiger partial charge in [-0.25, -0.2) is 15.0 Å². The van der Waals surface area contributed by atoms with Crippen LogP contribution in [0.4, 0.5) is 10.3 Å². The van der Waals surface area contributed by atoms with Gasteiger partial charge < -0.3 is 9.88 Å². The Kier molecular flexibility index (Phi) is 4.95. The third-order valence-corrected chi connectivity index (χ3v) is 7.50. The van der Waals surface area contributed by atoms with Gasteiger partial charge in [0, 0.05) is 55.9 Å². The summed E-state index contributed by atoms with van der Waals surface area (Å²) in [6.07, 6.45) is 5.56. The highest BCUT2D eigenvalue weighted by atomic mass is 32.1. The van der Waals surface area contributed by atoms with E-state index in [-0.39, 0.29) is 11.5 Å². The number of halogens is 1. The van der Waals surface area contributed by atoms with Crippen molar-refractivity contribution in [2.24, 2.45) is 0 Å². The van der Waals surface area contributed by atoms with Gasteiger partial charge in [-0.3, -0.25) is 4.79 Å². The molecule has 1 aliphatic rings. The number of anilines is 1. The van der Waals surface area contributed by atoms with Crippen molar-refractivity contribution in [2.75, 3.05) is 4.90 Å². The second kappa shape index (κ2) is 8.14. The Morgan fingerprint density at radius 2 is 1.91 bits per heavy atom. The van der Waals surface area contributed by atoms with E-state index in [1.54, 1.807) is 35.9 Å². The quantitative estimate of drug-likeness (QED) is 0.364. The third kappa shape index (κ3) is 3.30. The summed E-state index contributed by atoms with van der Waals surface area (Å²) in [4.78, 5) is 34.2. The van der Waals surface area contributed by atoms with E-state index in [0.29, 0.717) is 29.0 Å². The lowest BCUT2D eigenvalue weighted by molar-refractivity contribution is 0.587. The lowest BCUT2D eigenvalue weighted by Crippen LogP contribution is -2.24. The summed E-state index contributed by atoms with van der Waals surface area (Å²) in [7, 11) is 0. The number of hydrogen-bond acceptors (Lipinski definition) is 6. The number of nitrogens with one attached hydrogen (secondary N) is 1. The van der Waals surface area contributed by atoms with Crippen LogP contribution in [0.2, 0.25) is 0 Å². The van der Waals surface area contributed by atoms with Crippen LogP contribution in [0.5, 0.6) is 0 Å². The molecule has 5 aromatic rings. The van der Waals surface area contributed by atoms with Gasteiger partial charge in [0.2, 0.25) is 11.9 Å². The van der Waals surface area contributed by atoms with Crippen molar-refractivity contribution in [3.05, 3.63) is 104 Å². The molecule has 1 atom stereocenters. The highest BCUT2D eigenvalue weighted by molar-refractivity contribution is 7.12. The van der Waals surface area contributed by atoms with E-state index >= 15 is 0 Å². The van der Waals surface area contributed by atoms with Gasteiger partial charge in [0.15, 0.2) is 5.43 Å². The number of aryl methyl sites for hydroxylation is 1. The largest absolute Gasteiger partial charge is 0.356 e. The van der Waals surface area contributed by atoms with Crippen molar-refractivity contribution in [3.63, 3.8) is 0 Å². The van der Waals surface area contributed by atoms with Gasteiger partial charge in [-0.2, -0.15) is 4.39 Å². The first-order valence-electron chi connectivity index (χ1n) is 11.1. The molecule has 1 N–H and O–H groups in total. The third-order valence-electron chi connectivity index (χ3n) is 6.22. The minimum Gasteiger partial charge on any atom is -0.356 e. The van der Waals surface area contributed by atoms with Crippen LogP contribution in [0.3, 0.4) is 0 Å². The van der Waals surface area contributed by atoms with E-state index in [0.717, 1.165) is 28.1 Å². The number of hydrogen-bond donors (Lipinski definition) is 1. The number of fused-ring (bicyclic) bond motifs is 2. The number of aromatic amines is 1. The Balaban J connectivity index is 1.48. The van der Waals surface area contributed by atoms with Crippen LogP contribution in [0, 0.1) is 5.95 Å². The minimum atomic E-state index is -0.562. The van der Waals surface area contributed by atoms with E-state index in [1.165, 1.54) is 11.1 Å². The Bertz CT molecular complexity index is 1580. The first-order valence-corrected chi connectivity index (χ1v) is 11.9. The van der Waals surface area contributed by atoms with Crippen LogP contribution in [0.15, 0.2) is 71.9 Å². The summed E-state index contributed by atoms with van der Waals surface area (Å²) in [5.41, 5.74) is 3.34. The van der Waals surface area contributed by atoms with Crippen molar-refractivity contribution in [1.82, 2.24) is 19.9 Å². The Morgan fingerprint density at radius 1 is 1.09 bits per heavy atom. The van der Waals surface area contributed by atoms with E-state index < -0.39 is 5.95 Å². The van der Waals surface area contributed by atoms with Gasteiger partial charge in [-0.15, -0.1) is 11.3 Å². The van der Waals surface area contributed by atoms with E-state index in [1.807, 2.05) is 29.2 Å². The number of pyridine rings is 2. The fraction of sp³-hybridized carbons (Fsp3) is 0.154. The molecule has 34 heavy (non-hydrogen) atoms. The first-order chi connectivity index (χ1) is 16.6. The molecule has 0 radical (unpaired) electrons. The number of para-hydroxylation sites is 1. The zero-order chi connectivity index (χ0) is 23.2. The summed E-state index contributed by atoms with van der Waals surface area (Å²) in [5.74, 6) is -0.0779. The predicted molar refractivity (Wildman–Crippen MR) is 132 cm³/mol. The molecule has 6 rings (SSSR count). The monoisotopic (exact) mass is 469 g/mol. The second-order valence-corrected chi connectivity index (χ2v) is 9.39. The molecule has 8 heteroatoms. The molecule has 0 spiro atoms. The zero-order valence-electron chi connectivity index (χ0n) is 18.3. The highest BCUT2D eigenvalue weighted by Gasteiger charge is 2.37. The Hall–Kier alpha value is -3.91. The average Bonchev–Trinajstić information content (AvgIpc) is 3.49. The predicted octanol–water partition coefficient (Wildman–Crippen LogP) is 5.25. The number of H-pyrrole nitrogens is 1. The van der Waals surface area contributed by atoms with Gasteiger partial charge in [0.25, 0.3) is 0 Å². The maximum atomic E-state index is 14.1. The molecule has 6 nitrogen and oxygen atoms in total. The van der Waals surface area contributed by atoms with Crippen LogP contribution >= 0.6 is 11.3 Å². The van der Waals surface area contributed by atoms with E-state index in [2.05, 4.69) is 39.0 Å². The Labute approximate surface area is 198 Å². The molecular weight excluding hydrogens is 449 g/mol. The molecular formula is C26H20FN5OS. The van der Waals surface area contributed by atoms with Crippen molar-refractivity contribution in [3.8, 4) is 11.1 Å². The SMILES string of the molecule is CCc1ccc(C2c3[nH]c4ccccc4c(=O)c3CN2c2ncc(-c3cccnc3F)cn2)s1. The molecule has 0 aliphatic carbocycles. The Morgan fingerprint density at radius 3 is 2.68 bits per heavy atom. The van der Waals surface area contributed by atoms with Crippen LogP contribution in [-0.4, -0.2) is 19.9 Å². The molecule has 1 unspecified atom stereocenters. The fourth-order valence-electron chi connectivity index (χ4n) is 4.53. The second-order valence-electron chi connectivity index (χ2n) is 8.19. The highest BCUT2D eigenvalue weighted by Crippen LogP contribution is 2.41. The van der Waals surface area contributed by atoms with Gasteiger partial charge in [0.1, 0.15) is 6.04 Å². The fourth-order valence-corrected chi connectivity index (χ4v) is 5.60. The number of benzene rings is 1. The molecule has 0 amide bonds. The molecule has 1 aliphatic heterocycles. The van der Waals surface area contributed by atoms with Crippen molar-refractivity contribution in [1.29, 1.82) is 0 Å². The summed E-state index contributed by atoms with van der Waals surface area (Å²) < 4.78 is 14.1. The molecule has 4 aromatic heterocycles. The lowest BCUT2D eigenvalue weighted by Gasteiger charge is -2.24. The molecule has 168 valence electrons. The van der Waals surface area contributed by atoms with Gasteiger partial charge in [-0.05, 0) is 42.8 Å². The summed E-state index contributed by atoms with van der Waals surface area (Å²) in [5, 5.41) is 0.672. The maximum absolute atomic E-state index is 14.1. The lowest BCUT2D eigenvalue weighted by atomic mass is 10.1. The van der Waals surface area contributed by atoms with Crippen LogP contribution in [-0.2, 0) is 13.0 Å². The van der Waals surface area contributed by atoms with Gasteiger partial charge >= 0.3 is 0 Å². The maximum Gasteiger partial charge on any atom is 0.226 e. The standard InChI is InChI=1S/C26H20FN5OS/c1-2-16-9-10-21(34-16)23-22-19(24(33)18-6-3-4-8-20(18)31-22)14-32(23)26-29-12-15(13-30-26)17-7-5-11-28-25(17)27/h3-13,23H,2,14H2,1H3,(H,31,33). The molecule has 1 aromatic carbocycles. The summed E-state index contributed by atoms with van der Waals surface area (Å²) in [6, 6.07) is 14.9. The van der Waals surface area contributed by atoms with Gasteiger partial charge in [-0.1, -0.05) is 19.1 Å². The number of aromatic nitrogens is 4. The molecule has 0 fully saturated rings. The minimum absolute atomic E-state index is 0.0261. The summed E-state index contributed by atoms with van der Waals surface area (Å²) >= 11 is 1.73. The average molecular weight is 470 g/mol. The zero-order valence-corrected chi connectivity index (χ0v) is 19.1. The van der Waals surface area contributed by atoms with E-state index in [9.17, 15) is 9.18 Å². The molecule has 0 saturated carbocycles. The van der Waals surface area contributed by atoms with Gasteiger partial charge in [0.05, 0.1) is 12.2 Å². The smallest absolute Gasteiger partial charge is 0.226 e. The number of thiophene rings is 1. The topological polar surface area (TPSA) is 74.8 Å². The molecule has 0 saturated heterocycles. The molecule has 0 bridgehead atoms. The van der Waals surface area contributed by atoms with Crippen molar-refractivity contribution >= 4 is 28.2 Å². The van der Waals surface area contributed by atoms with Crippen molar-refractivity contribution in [2.45, 2.75) is 25.9 Å². The number of nitrogens with zero attached hydrogens (tertiary/aromatic N) is 4. The van der Waals surface area contributed by atoms with Crippen molar-refractivity contribution < 1.29 is 4.39 Å². The van der Waals surface area contributed by atoms with Crippen LogP contribution in [0.1, 0.15) is 34.0 Å². The summed E-state index contributed by atoms with van der Waals surface area (Å²) in [6.45, 7) is 2.52. The molecule has 5 heterocycles. The van der Waals surface area contributed by atoms with Crippen LogP contribution in [0.25, 0.3) is 22.0 Å².